The predicted octanol–water partition coefficient (Wildman–Crippen LogP) is 0.732. The molecule has 0 spiro atoms. The highest BCUT2D eigenvalue weighted by atomic mass is 16.3. The molecule has 2 rings (SSSR count). The molecule has 124 valence electrons. The summed E-state index contributed by atoms with van der Waals surface area (Å²) in [5.74, 6) is 0.487. The number of hydrogen-bond donors (Lipinski definition) is 1. The zero-order chi connectivity index (χ0) is 16.7. The van der Waals surface area contributed by atoms with E-state index < -0.39 is 0 Å². The van der Waals surface area contributed by atoms with Gasteiger partial charge in [0.15, 0.2) is 0 Å². The molecule has 1 aromatic rings. The Bertz CT molecular complexity index is 560. The van der Waals surface area contributed by atoms with Gasteiger partial charge in [0.2, 0.25) is 11.8 Å². The number of nitriles is 1. The van der Waals surface area contributed by atoms with Crippen LogP contribution in [0.5, 0.6) is 0 Å². The Morgan fingerprint density at radius 1 is 1.43 bits per heavy atom. The molecule has 1 N–H and O–H groups in total. The Hall–Kier alpha value is -2.33. The number of likely N-dealkylation sites (N-methyl/N-ethyl adjacent to an activating group) is 1. The monoisotopic (exact) mass is 318 g/mol. The third-order valence-corrected chi connectivity index (χ3v) is 3.53. The third kappa shape index (κ3) is 6.12. The second-order valence-corrected chi connectivity index (χ2v) is 5.82. The van der Waals surface area contributed by atoms with Crippen molar-refractivity contribution in [2.75, 3.05) is 26.7 Å². The van der Waals surface area contributed by atoms with Gasteiger partial charge < -0.3 is 14.6 Å². The van der Waals surface area contributed by atoms with Crippen LogP contribution in [0, 0.1) is 11.3 Å². The average molecular weight is 318 g/mol. The van der Waals surface area contributed by atoms with Gasteiger partial charge in [0.05, 0.1) is 38.4 Å². The van der Waals surface area contributed by atoms with E-state index in [1.165, 1.54) is 0 Å². The molecule has 1 aromatic heterocycles. The molecule has 0 aliphatic heterocycles. The summed E-state index contributed by atoms with van der Waals surface area (Å²) in [5, 5.41) is 11.6. The van der Waals surface area contributed by atoms with Gasteiger partial charge in [0.1, 0.15) is 5.76 Å². The van der Waals surface area contributed by atoms with Gasteiger partial charge in [0, 0.05) is 12.6 Å². The smallest absolute Gasteiger partial charge is 0.237 e. The van der Waals surface area contributed by atoms with Crippen LogP contribution in [0.2, 0.25) is 0 Å². The zero-order valence-electron chi connectivity index (χ0n) is 13.3. The van der Waals surface area contributed by atoms with Gasteiger partial charge in [-0.25, -0.2) is 0 Å². The lowest BCUT2D eigenvalue weighted by atomic mass is 10.3. The van der Waals surface area contributed by atoms with Crippen LogP contribution in [0.3, 0.4) is 0 Å². The summed E-state index contributed by atoms with van der Waals surface area (Å²) in [7, 11) is 1.74. The van der Waals surface area contributed by atoms with Crippen molar-refractivity contribution in [2.24, 2.45) is 0 Å². The van der Waals surface area contributed by atoms with Gasteiger partial charge >= 0.3 is 0 Å². The fraction of sp³-hybridized carbons (Fsp3) is 0.562. The maximum atomic E-state index is 12.4. The standard InChI is InChI=1S/C16H22N4O3/c1-19(11-15(21)18-13-5-6-13)12-16(22)20(8-3-7-17)10-14-4-2-9-23-14/h2,4,9,13H,3,5-6,8,10-12H2,1H3,(H,18,21). The van der Waals surface area contributed by atoms with E-state index in [9.17, 15) is 9.59 Å². The van der Waals surface area contributed by atoms with Crippen molar-refractivity contribution in [1.29, 1.82) is 5.26 Å². The normalized spacial score (nSPS) is 13.6. The molecule has 7 nitrogen and oxygen atoms in total. The van der Waals surface area contributed by atoms with E-state index in [1.54, 1.807) is 35.2 Å². The van der Waals surface area contributed by atoms with Gasteiger partial charge in [0.25, 0.3) is 0 Å². The molecular weight excluding hydrogens is 296 g/mol. The van der Waals surface area contributed by atoms with Crippen LogP contribution < -0.4 is 5.32 Å². The Morgan fingerprint density at radius 3 is 2.83 bits per heavy atom. The minimum atomic E-state index is -0.127. The van der Waals surface area contributed by atoms with Crippen molar-refractivity contribution in [1.82, 2.24) is 15.1 Å². The maximum absolute atomic E-state index is 12.4. The minimum Gasteiger partial charge on any atom is -0.467 e. The van der Waals surface area contributed by atoms with Gasteiger partial charge in [-0.2, -0.15) is 5.26 Å². The first-order chi connectivity index (χ1) is 11.1. The van der Waals surface area contributed by atoms with Gasteiger partial charge in [-0.05, 0) is 32.0 Å². The van der Waals surface area contributed by atoms with Crippen LogP contribution in [-0.2, 0) is 16.1 Å². The summed E-state index contributed by atoms with van der Waals surface area (Å²) in [4.78, 5) is 27.4. The minimum absolute atomic E-state index is 0.0580. The number of carbonyl (C=O) groups is 2. The maximum Gasteiger partial charge on any atom is 0.237 e. The highest BCUT2D eigenvalue weighted by Gasteiger charge is 2.24. The topological polar surface area (TPSA) is 89.6 Å². The van der Waals surface area contributed by atoms with Gasteiger partial charge in [-0.15, -0.1) is 0 Å². The van der Waals surface area contributed by atoms with Crippen molar-refractivity contribution >= 4 is 11.8 Å². The SMILES string of the molecule is CN(CC(=O)NC1CC1)CC(=O)N(CCC#N)Cc1ccco1. The molecule has 0 radical (unpaired) electrons. The molecule has 23 heavy (non-hydrogen) atoms. The summed E-state index contributed by atoms with van der Waals surface area (Å²) >= 11 is 0. The van der Waals surface area contributed by atoms with E-state index >= 15 is 0 Å². The first-order valence-electron chi connectivity index (χ1n) is 7.73. The molecule has 0 bridgehead atoms. The number of rotatable bonds is 9. The molecule has 1 saturated carbocycles. The quantitative estimate of drug-likeness (QED) is 0.725. The highest BCUT2D eigenvalue weighted by Crippen LogP contribution is 2.18. The number of amides is 2. The Labute approximate surface area is 135 Å². The lowest BCUT2D eigenvalue weighted by Gasteiger charge is -2.24. The van der Waals surface area contributed by atoms with Crippen LogP contribution in [0.15, 0.2) is 22.8 Å². The second-order valence-electron chi connectivity index (χ2n) is 5.82. The van der Waals surface area contributed by atoms with Crippen molar-refractivity contribution in [2.45, 2.75) is 31.8 Å². The molecule has 1 aliphatic carbocycles. The summed E-state index contributed by atoms with van der Waals surface area (Å²) < 4.78 is 5.26. The van der Waals surface area contributed by atoms with E-state index in [-0.39, 0.29) is 31.3 Å². The molecular formula is C16H22N4O3. The van der Waals surface area contributed by atoms with Crippen LogP contribution in [0.4, 0.5) is 0 Å². The van der Waals surface area contributed by atoms with Crippen molar-refractivity contribution in [3.8, 4) is 6.07 Å². The molecule has 0 aromatic carbocycles. The lowest BCUT2D eigenvalue weighted by molar-refractivity contribution is -0.133. The van der Waals surface area contributed by atoms with Crippen molar-refractivity contribution in [3.05, 3.63) is 24.2 Å². The molecule has 1 aliphatic rings. The molecule has 2 amide bonds. The number of nitrogens with one attached hydrogen (secondary N) is 1. The van der Waals surface area contributed by atoms with Gasteiger partial charge in [-0.1, -0.05) is 0 Å². The van der Waals surface area contributed by atoms with Crippen molar-refractivity contribution in [3.63, 3.8) is 0 Å². The fourth-order valence-corrected chi connectivity index (χ4v) is 2.20. The van der Waals surface area contributed by atoms with Crippen LogP contribution >= 0.6 is 0 Å². The van der Waals surface area contributed by atoms with Crippen LogP contribution in [0.1, 0.15) is 25.0 Å². The molecule has 0 atom stereocenters. The first-order valence-corrected chi connectivity index (χ1v) is 7.73. The van der Waals surface area contributed by atoms with E-state index in [2.05, 4.69) is 5.32 Å². The van der Waals surface area contributed by atoms with Crippen LogP contribution in [-0.4, -0.2) is 54.3 Å². The summed E-state index contributed by atoms with van der Waals surface area (Å²) in [6, 6.07) is 5.91. The number of nitrogens with zero attached hydrogens (tertiary/aromatic N) is 3. The largest absolute Gasteiger partial charge is 0.467 e. The molecule has 0 unspecified atom stereocenters. The number of hydrogen-bond acceptors (Lipinski definition) is 5. The highest BCUT2D eigenvalue weighted by molar-refractivity contribution is 5.81. The summed E-state index contributed by atoms with van der Waals surface area (Å²) in [6.45, 7) is 0.993. The molecule has 7 heteroatoms. The van der Waals surface area contributed by atoms with Crippen molar-refractivity contribution < 1.29 is 14.0 Å². The van der Waals surface area contributed by atoms with Gasteiger partial charge in [-0.3, -0.25) is 14.5 Å². The molecule has 1 fully saturated rings. The van der Waals surface area contributed by atoms with E-state index in [1.807, 2.05) is 6.07 Å². The second kappa shape index (κ2) is 8.34. The molecule has 0 saturated heterocycles. The van der Waals surface area contributed by atoms with E-state index in [0.717, 1.165) is 12.8 Å². The Balaban J connectivity index is 1.82. The number of furan rings is 1. The van der Waals surface area contributed by atoms with Crippen LogP contribution in [0.25, 0.3) is 0 Å². The zero-order valence-corrected chi connectivity index (χ0v) is 13.3. The summed E-state index contributed by atoms with van der Waals surface area (Å²) in [6.07, 6.45) is 3.90. The Kier molecular flexibility index (Phi) is 6.18. The first kappa shape index (κ1) is 17.0. The Morgan fingerprint density at radius 2 is 2.22 bits per heavy atom. The predicted molar refractivity (Wildman–Crippen MR) is 83.0 cm³/mol. The van der Waals surface area contributed by atoms with E-state index in [0.29, 0.717) is 24.9 Å². The average Bonchev–Trinajstić information content (AvgIpc) is 3.15. The summed E-state index contributed by atoms with van der Waals surface area (Å²) in [5.41, 5.74) is 0. The fourth-order valence-electron chi connectivity index (χ4n) is 2.20. The lowest BCUT2D eigenvalue weighted by Crippen LogP contribution is -2.43. The number of carbonyl (C=O) groups excluding carboxylic acids is 2. The molecule has 1 heterocycles. The van der Waals surface area contributed by atoms with E-state index in [4.69, 9.17) is 9.68 Å². The third-order valence-electron chi connectivity index (χ3n) is 3.53.